The van der Waals surface area contributed by atoms with Gasteiger partial charge in [-0.1, -0.05) is 25.4 Å². The Morgan fingerprint density at radius 3 is 2.61 bits per heavy atom. The Morgan fingerprint density at radius 2 is 2.11 bits per heavy atom. The van der Waals surface area contributed by atoms with Crippen LogP contribution < -0.4 is 5.32 Å². The van der Waals surface area contributed by atoms with Gasteiger partial charge in [0.05, 0.1) is 5.02 Å². The summed E-state index contributed by atoms with van der Waals surface area (Å²) in [7, 11) is 0. The van der Waals surface area contributed by atoms with Crippen LogP contribution in [0.15, 0.2) is 12.1 Å². The van der Waals surface area contributed by atoms with Gasteiger partial charge in [0.25, 0.3) is 5.91 Å². The number of nitrogens with one attached hydrogen (secondary N) is 1. The predicted molar refractivity (Wildman–Crippen MR) is 70.6 cm³/mol. The molecule has 0 spiro atoms. The van der Waals surface area contributed by atoms with Crippen molar-refractivity contribution in [3.8, 4) is 0 Å². The number of amides is 1. The first kappa shape index (κ1) is 13.3. The molecule has 18 heavy (non-hydrogen) atoms. The zero-order chi connectivity index (χ0) is 13.3. The maximum atomic E-state index is 13.8. The Kier molecular flexibility index (Phi) is 3.91. The zero-order valence-electron chi connectivity index (χ0n) is 10.6. The van der Waals surface area contributed by atoms with Crippen molar-refractivity contribution < 1.29 is 9.18 Å². The molecule has 0 radical (unpaired) electrons. The van der Waals surface area contributed by atoms with Crippen LogP contribution in [0, 0.1) is 5.82 Å². The minimum Gasteiger partial charge on any atom is -0.349 e. The van der Waals surface area contributed by atoms with Crippen molar-refractivity contribution in [3.05, 3.63) is 34.1 Å². The molecule has 1 amide bonds. The van der Waals surface area contributed by atoms with E-state index in [-0.39, 0.29) is 22.9 Å². The maximum Gasteiger partial charge on any atom is 0.251 e. The standard InChI is InChI=1S/C14H17ClFNO/c1-8(2)11-6-9(7-12(15)13(11)16)14(18)17-10-4-3-5-10/h6-8,10H,3-5H2,1-2H3,(H,17,18). The lowest BCUT2D eigenvalue weighted by molar-refractivity contribution is 0.0917. The average Bonchev–Trinajstić information content (AvgIpc) is 2.26. The fraction of sp³-hybridized carbons (Fsp3) is 0.500. The van der Waals surface area contributed by atoms with Crippen LogP contribution in [0.4, 0.5) is 4.39 Å². The van der Waals surface area contributed by atoms with Gasteiger partial charge in [-0.05, 0) is 42.9 Å². The summed E-state index contributed by atoms with van der Waals surface area (Å²) in [6, 6.07) is 3.26. The second-order valence-corrected chi connectivity index (χ2v) is 5.52. The fourth-order valence-electron chi connectivity index (χ4n) is 1.98. The van der Waals surface area contributed by atoms with Gasteiger partial charge in [-0.2, -0.15) is 0 Å². The molecule has 1 N–H and O–H groups in total. The second kappa shape index (κ2) is 5.27. The molecule has 0 aliphatic heterocycles. The third-order valence-electron chi connectivity index (χ3n) is 3.38. The van der Waals surface area contributed by atoms with E-state index in [0.29, 0.717) is 11.1 Å². The molecule has 0 saturated heterocycles. The molecule has 1 aliphatic rings. The first-order valence-corrected chi connectivity index (χ1v) is 6.66. The minimum absolute atomic E-state index is 0.000970. The highest BCUT2D eigenvalue weighted by Gasteiger charge is 2.21. The summed E-state index contributed by atoms with van der Waals surface area (Å²) >= 11 is 5.84. The molecule has 1 aliphatic carbocycles. The van der Waals surface area contributed by atoms with E-state index in [4.69, 9.17) is 11.6 Å². The van der Waals surface area contributed by atoms with Crippen molar-refractivity contribution in [2.24, 2.45) is 0 Å². The van der Waals surface area contributed by atoms with Crippen molar-refractivity contribution in [1.82, 2.24) is 5.32 Å². The largest absolute Gasteiger partial charge is 0.349 e. The number of carbonyl (C=O) groups excluding carboxylic acids is 1. The van der Waals surface area contributed by atoms with Gasteiger partial charge in [0.15, 0.2) is 0 Å². The van der Waals surface area contributed by atoms with Gasteiger partial charge in [-0.15, -0.1) is 0 Å². The summed E-state index contributed by atoms with van der Waals surface area (Å²) in [5.74, 6) is -0.589. The average molecular weight is 270 g/mol. The second-order valence-electron chi connectivity index (χ2n) is 5.12. The quantitative estimate of drug-likeness (QED) is 0.886. The van der Waals surface area contributed by atoms with E-state index in [1.807, 2.05) is 13.8 Å². The Labute approximate surface area is 112 Å². The molecular formula is C14H17ClFNO. The highest BCUT2D eigenvalue weighted by atomic mass is 35.5. The van der Waals surface area contributed by atoms with Gasteiger partial charge in [0.2, 0.25) is 0 Å². The number of hydrogen-bond donors (Lipinski definition) is 1. The smallest absolute Gasteiger partial charge is 0.251 e. The van der Waals surface area contributed by atoms with E-state index in [9.17, 15) is 9.18 Å². The molecule has 1 aromatic rings. The lowest BCUT2D eigenvalue weighted by Crippen LogP contribution is -2.39. The van der Waals surface area contributed by atoms with Gasteiger partial charge < -0.3 is 5.32 Å². The molecule has 0 bridgehead atoms. The van der Waals surface area contributed by atoms with Gasteiger partial charge >= 0.3 is 0 Å². The third-order valence-corrected chi connectivity index (χ3v) is 3.66. The van der Waals surface area contributed by atoms with E-state index < -0.39 is 5.82 Å². The van der Waals surface area contributed by atoms with E-state index in [1.165, 1.54) is 6.07 Å². The van der Waals surface area contributed by atoms with E-state index >= 15 is 0 Å². The highest BCUT2D eigenvalue weighted by molar-refractivity contribution is 6.31. The van der Waals surface area contributed by atoms with Gasteiger partial charge in [-0.3, -0.25) is 4.79 Å². The summed E-state index contributed by atoms with van der Waals surface area (Å²) in [6.07, 6.45) is 3.21. The topological polar surface area (TPSA) is 29.1 Å². The SMILES string of the molecule is CC(C)c1cc(C(=O)NC2CCC2)cc(Cl)c1F. The monoisotopic (exact) mass is 269 g/mol. The molecule has 98 valence electrons. The molecule has 0 aromatic heterocycles. The van der Waals surface area contributed by atoms with Crippen LogP contribution in [-0.4, -0.2) is 11.9 Å². The predicted octanol–water partition coefficient (Wildman–Crippen LogP) is 3.88. The first-order valence-electron chi connectivity index (χ1n) is 6.29. The minimum atomic E-state index is -0.424. The van der Waals surface area contributed by atoms with Crippen molar-refractivity contribution >= 4 is 17.5 Å². The van der Waals surface area contributed by atoms with Crippen LogP contribution >= 0.6 is 11.6 Å². The van der Waals surface area contributed by atoms with Crippen LogP contribution in [0.5, 0.6) is 0 Å². The molecule has 1 aromatic carbocycles. The molecule has 0 unspecified atom stereocenters. The summed E-state index contributed by atoms with van der Waals surface area (Å²) in [6.45, 7) is 3.75. The molecular weight excluding hydrogens is 253 g/mol. The number of carbonyl (C=O) groups is 1. The number of hydrogen-bond acceptors (Lipinski definition) is 1. The lowest BCUT2D eigenvalue weighted by atomic mass is 9.92. The van der Waals surface area contributed by atoms with Crippen molar-refractivity contribution in [1.29, 1.82) is 0 Å². The molecule has 0 heterocycles. The van der Waals surface area contributed by atoms with Crippen LogP contribution in [-0.2, 0) is 0 Å². The third kappa shape index (κ3) is 2.66. The Hall–Kier alpha value is -1.09. The molecule has 2 rings (SSSR count). The normalized spacial score (nSPS) is 15.6. The Bertz CT molecular complexity index is 469. The highest BCUT2D eigenvalue weighted by Crippen LogP contribution is 2.27. The summed E-state index contributed by atoms with van der Waals surface area (Å²) < 4.78 is 13.8. The van der Waals surface area contributed by atoms with Crippen LogP contribution in [0.3, 0.4) is 0 Å². The molecule has 1 saturated carbocycles. The fourth-order valence-corrected chi connectivity index (χ4v) is 2.21. The number of halogens is 2. The van der Waals surface area contributed by atoms with Crippen molar-refractivity contribution in [2.45, 2.75) is 45.1 Å². The summed E-state index contributed by atoms with van der Waals surface area (Å²) in [5.41, 5.74) is 0.929. The van der Waals surface area contributed by atoms with Crippen LogP contribution in [0.2, 0.25) is 5.02 Å². The van der Waals surface area contributed by atoms with Gasteiger partial charge in [0.1, 0.15) is 5.82 Å². The first-order chi connectivity index (χ1) is 8.49. The number of rotatable bonds is 3. The van der Waals surface area contributed by atoms with Gasteiger partial charge in [-0.25, -0.2) is 4.39 Å². The Morgan fingerprint density at radius 1 is 1.44 bits per heavy atom. The molecule has 1 fully saturated rings. The maximum absolute atomic E-state index is 13.8. The van der Waals surface area contributed by atoms with E-state index in [0.717, 1.165) is 19.3 Å². The molecule has 0 atom stereocenters. The molecule has 2 nitrogen and oxygen atoms in total. The Balaban J connectivity index is 2.24. The summed E-state index contributed by atoms with van der Waals surface area (Å²) in [4.78, 5) is 12.0. The molecule has 4 heteroatoms. The number of benzene rings is 1. The van der Waals surface area contributed by atoms with Crippen LogP contribution in [0.1, 0.15) is 54.9 Å². The van der Waals surface area contributed by atoms with Crippen molar-refractivity contribution in [3.63, 3.8) is 0 Å². The van der Waals surface area contributed by atoms with Crippen molar-refractivity contribution in [2.75, 3.05) is 0 Å². The zero-order valence-corrected chi connectivity index (χ0v) is 11.4. The van der Waals surface area contributed by atoms with E-state index in [1.54, 1.807) is 6.07 Å². The lowest BCUT2D eigenvalue weighted by Gasteiger charge is -2.26. The van der Waals surface area contributed by atoms with Gasteiger partial charge in [0, 0.05) is 11.6 Å². The summed E-state index contributed by atoms with van der Waals surface area (Å²) in [5, 5.41) is 2.94. The van der Waals surface area contributed by atoms with Crippen LogP contribution in [0.25, 0.3) is 0 Å². The van der Waals surface area contributed by atoms with E-state index in [2.05, 4.69) is 5.32 Å².